The lowest BCUT2D eigenvalue weighted by atomic mass is 10.0. The fourth-order valence-electron chi connectivity index (χ4n) is 2.19. The fourth-order valence-corrected chi connectivity index (χ4v) is 2.19. The van der Waals surface area contributed by atoms with Gasteiger partial charge in [0.2, 0.25) is 11.8 Å². The Morgan fingerprint density at radius 1 is 1.43 bits per heavy atom. The Hall–Kier alpha value is -2.05. The van der Waals surface area contributed by atoms with Gasteiger partial charge < -0.3 is 10.6 Å². The molecule has 1 saturated heterocycles. The summed E-state index contributed by atoms with van der Waals surface area (Å²) in [7, 11) is 0. The van der Waals surface area contributed by atoms with Crippen LogP contribution in [0, 0.1) is 0 Å². The van der Waals surface area contributed by atoms with Gasteiger partial charge >= 0.3 is 6.18 Å². The van der Waals surface area contributed by atoms with Crippen molar-refractivity contribution < 1.29 is 22.8 Å². The molecule has 1 aromatic carbocycles. The van der Waals surface area contributed by atoms with E-state index in [1.807, 2.05) is 0 Å². The molecule has 21 heavy (non-hydrogen) atoms. The van der Waals surface area contributed by atoms with Crippen molar-refractivity contribution in [3.05, 3.63) is 35.4 Å². The molecule has 2 rings (SSSR count). The molecule has 0 radical (unpaired) electrons. The summed E-state index contributed by atoms with van der Waals surface area (Å²) in [6.45, 7) is 1.60. The van der Waals surface area contributed by atoms with E-state index in [0.717, 1.165) is 12.1 Å². The Balaban J connectivity index is 2.05. The normalized spacial score (nSPS) is 20.0. The van der Waals surface area contributed by atoms with E-state index in [1.54, 1.807) is 6.92 Å². The van der Waals surface area contributed by atoms with E-state index >= 15 is 0 Å². The molecule has 2 unspecified atom stereocenters. The third-order valence-electron chi connectivity index (χ3n) is 3.38. The van der Waals surface area contributed by atoms with Crippen LogP contribution in [0.2, 0.25) is 0 Å². The molecule has 2 N–H and O–H groups in total. The lowest BCUT2D eigenvalue weighted by Gasteiger charge is -2.18. The molecule has 114 valence electrons. The molecule has 1 aliphatic heterocycles. The third kappa shape index (κ3) is 3.74. The first kappa shape index (κ1) is 15.3. The second kappa shape index (κ2) is 5.75. The molecule has 7 heteroatoms. The minimum absolute atomic E-state index is 0.193. The van der Waals surface area contributed by atoms with Crippen LogP contribution < -0.4 is 10.6 Å². The van der Waals surface area contributed by atoms with Gasteiger partial charge in [-0.3, -0.25) is 9.59 Å². The number of carbonyl (C=O) groups is 2. The van der Waals surface area contributed by atoms with Gasteiger partial charge in [-0.25, -0.2) is 0 Å². The molecule has 0 aromatic heterocycles. The van der Waals surface area contributed by atoms with E-state index in [4.69, 9.17) is 0 Å². The van der Waals surface area contributed by atoms with Crippen LogP contribution in [0.25, 0.3) is 0 Å². The topological polar surface area (TPSA) is 58.2 Å². The quantitative estimate of drug-likeness (QED) is 0.898. The number of halogens is 3. The largest absolute Gasteiger partial charge is 0.416 e. The van der Waals surface area contributed by atoms with Gasteiger partial charge in [0.05, 0.1) is 11.6 Å². The van der Waals surface area contributed by atoms with E-state index < -0.39 is 23.8 Å². The van der Waals surface area contributed by atoms with Crippen molar-refractivity contribution in [2.24, 2.45) is 0 Å². The molecule has 1 heterocycles. The Labute approximate surface area is 119 Å². The maximum Gasteiger partial charge on any atom is 0.416 e. The van der Waals surface area contributed by atoms with Crippen LogP contribution in [0.3, 0.4) is 0 Å². The van der Waals surface area contributed by atoms with Crippen molar-refractivity contribution in [2.75, 3.05) is 0 Å². The predicted octanol–water partition coefficient (Wildman–Crippen LogP) is 2.16. The van der Waals surface area contributed by atoms with E-state index in [0.29, 0.717) is 12.0 Å². The number of alkyl halides is 3. The van der Waals surface area contributed by atoms with E-state index in [1.165, 1.54) is 12.1 Å². The average molecular weight is 300 g/mol. The highest BCUT2D eigenvalue weighted by Gasteiger charge is 2.31. The summed E-state index contributed by atoms with van der Waals surface area (Å²) in [5, 5.41) is 5.13. The van der Waals surface area contributed by atoms with Crippen LogP contribution in [0.4, 0.5) is 13.2 Å². The maximum absolute atomic E-state index is 12.6. The van der Waals surface area contributed by atoms with Crippen molar-refractivity contribution in [3.8, 4) is 0 Å². The number of hydrogen-bond acceptors (Lipinski definition) is 2. The summed E-state index contributed by atoms with van der Waals surface area (Å²) in [6, 6.07) is 3.64. The summed E-state index contributed by atoms with van der Waals surface area (Å²) in [5.41, 5.74) is -0.391. The van der Waals surface area contributed by atoms with Crippen LogP contribution >= 0.6 is 0 Å². The van der Waals surface area contributed by atoms with Gasteiger partial charge in [0.1, 0.15) is 6.04 Å². The van der Waals surface area contributed by atoms with Crippen molar-refractivity contribution >= 4 is 11.8 Å². The molecule has 0 spiro atoms. The zero-order valence-corrected chi connectivity index (χ0v) is 11.3. The Morgan fingerprint density at radius 3 is 2.71 bits per heavy atom. The molecule has 4 nitrogen and oxygen atoms in total. The zero-order valence-electron chi connectivity index (χ0n) is 11.3. The standard InChI is InChI=1S/C14H15F3N2O2/c1-8(18-13(21)11-5-6-12(20)19-11)9-3-2-4-10(7-9)14(15,16)17/h2-4,7-8,11H,5-6H2,1H3,(H,18,21)(H,19,20). The van der Waals surface area contributed by atoms with Crippen molar-refractivity contribution in [1.82, 2.24) is 10.6 Å². The summed E-state index contributed by atoms with van der Waals surface area (Å²) < 4.78 is 37.9. The molecular formula is C14H15F3N2O2. The summed E-state index contributed by atoms with van der Waals surface area (Å²) in [5.74, 6) is -0.576. The Kier molecular flexibility index (Phi) is 4.20. The summed E-state index contributed by atoms with van der Waals surface area (Å²) in [4.78, 5) is 23.0. The number of carbonyl (C=O) groups excluding carboxylic acids is 2. The number of rotatable bonds is 3. The minimum Gasteiger partial charge on any atom is -0.348 e. The molecule has 0 aliphatic carbocycles. The van der Waals surface area contributed by atoms with Gasteiger partial charge in [-0.05, 0) is 31.0 Å². The van der Waals surface area contributed by atoms with E-state index in [-0.39, 0.29) is 18.2 Å². The number of nitrogens with one attached hydrogen (secondary N) is 2. The highest BCUT2D eigenvalue weighted by molar-refractivity contribution is 5.90. The molecule has 1 aromatic rings. The SMILES string of the molecule is CC(NC(=O)C1CCC(=O)N1)c1cccc(C(F)(F)F)c1. The van der Waals surface area contributed by atoms with Crippen LogP contribution in [-0.4, -0.2) is 17.9 Å². The van der Waals surface area contributed by atoms with Crippen LogP contribution in [0.1, 0.15) is 36.9 Å². The molecule has 0 saturated carbocycles. The molecule has 1 fully saturated rings. The second-order valence-corrected chi connectivity index (χ2v) is 5.01. The van der Waals surface area contributed by atoms with Gasteiger partial charge in [0.15, 0.2) is 0 Å². The highest BCUT2D eigenvalue weighted by Crippen LogP contribution is 2.30. The highest BCUT2D eigenvalue weighted by atomic mass is 19.4. The van der Waals surface area contributed by atoms with Gasteiger partial charge in [-0.1, -0.05) is 12.1 Å². The number of hydrogen-bond donors (Lipinski definition) is 2. The smallest absolute Gasteiger partial charge is 0.348 e. The lowest BCUT2D eigenvalue weighted by molar-refractivity contribution is -0.137. The first-order valence-corrected chi connectivity index (χ1v) is 6.54. The first-order valence-electron chi connectivity index (χ1n) is 6.54. The first-order chi connectivity index (χ1) is 9.77. The molecule has 2 amide bonds. The summed E-state index contributed by atoms with van der Waals surface area (Å²) in [6.07, 6.45) is -3.73. The van der Waals surface area contributed by atoms with E-state index in [2.05, 4.69) is 10.6 Å². The van der Waals surface area contributed by atoms with Crippen molar-refractivity contribution in [2.45, 2.75) is 38.0 Å². The fraction of sp³-hybridized carbons (Fsp3) is 0.429. The van der Waals surface area contributed by atoms with Gasteiger partial charge in [-0.15, -0.1) is 0 Å². The van der Waals surface area contributed by atoms with Crippen molar-refractivity contribution in [3.63, 3.8) is 0 Å². The molecule has 0 bridgehead atoms. The zero-order chi connectivity index (χ0) is 15.6. The van der Waals surface area contributed by atoms with E-state index in [9.17, 15) is 22.8 Å². The monoisotopic (exact) mass is 300 g/mol. The summed E-state index contributed by atoms with van der Waals surface area (Å²) >= 11 is 0. The number of benzene rings is 1. The predicted molar refractivity (Wildman–Crippen MR) is 69.2 cm³/mol. The second-order valence-electron chi connectivity index (χ2n) is 5.01. The molecule has 1 aliphatic rings. The molecular weight excluding hydrogens is 285 g/mol. The number of amides is 2. The maximum atomic E-state index is 12.6. The average Bonchev–Trinajstić information content (AvgIpc) is 2.84. The van der Waals surface area contributed by atoms with Gasteiger partial charge in [0, 0.05) is 6.42 Å². The van der Waals surface area contributed by atoms with Crippen LogP contribution in [0.5, 0.6) is 0 Å². The third-order valence-corrected chi connectivity index (χ3v) is 3.38. The van der Waals surface area contributed by atoms with Crippen LogP contribution in [-0.2, 0) is 15.8 Å². The Bertz CT molecular complexity index is 557. The Morgan fingerprint density at radius 2 is 2.14 bits per heavy atom. The van der Waals surface area contributed by atoms with Crippen molar-refractivity contribution in [1.29, 1.82) is 0 Å². The van der Waals surface area contributed by atoms with Gasteiger partial charge in [0.25, 0.3) is 0 Å². The molecule has 2 atom stereocenters. The minimum atomic E-state index is -4.42. The lowest BCUT2D eigenvalue weighted by Crippen LogP contribution is -2.42. The van der Waals surface area contributed by atoms with Crippen LogP contribution in [0.15, 0.2) is 24.3 Å². The van der Waals surface area contributed by atoms with Gasteiger partial charge in [-0.2, -0.15) is 13.2 Å².